The van der Waals surface area contributed by atoms with Gasteiger partial charge in [0.25, 0.3) is 5.69 Å². The van der Waals surface area contributed by atoms with Gasteiger partial charge in [-0.15, -0.1) is 0 Å². The number of aliphatic hydroxyl groups excluding tert-OH is 1. The van der Waals surface area contributed by atoms with Crippen LogP contribution in [0.1, 0.15) is 17.2 Å². The van der Waals surface area contributed by atoms with Gasteiger partial charge in [0.2, 0.25) is 0 Å². The number of rotatable bonds is 4. The number of hydrogen-bond donors (Lipinski definition) is 1. The fourth-order valence-corrected chi connectivity index (χ4v) is 1.95. The molecule has 0 heterocycles. The van der Waals surface area contributed by atoms with Crippen LogP contribution in [0.25, 0.3) is 0 Å². The average molecular weight is 279 g/mol. The monoisotopic (exact) mass is 279 g/mol. The molecular formula is C14H11F2NO3. The quantitative estimate of drug-likeness (QED) is 0.690. The van der Waals surface area contributed by atoms with E-state index in [-0.39, 0.29) is 23.2 Å². The van der Waals surface area contributed by atoms with E-state index in [4.69, 9.17) is 0 Å². The van der Waals surface area contributed by atoms with E-state index in [0.717, 1.165) is 12.1 Å². The first-order valence-electron chi connectivity index (χ1n) is 5.84. The normalized spacial score (nSPS) is 12.2. The van der Waals surface area contributed by atoms with Crippen molar-refractivity contribution in [3.8, 4) is 0 Å². The molecule has 2 aromatic rings. The van der Waals surface area contributed by atoms with E-state index in [1.165, 1.54) is 18.2 Å². The van der Waals surface area contributed by atoms with Crippen molar-refractivity contribution in [3.05, 3.63) is 75.3 Å². The minimum absolute atomic E-state index is 0.0930. The number of para-hydroxylation sites is 1. The molecule has 0 bridgehead atoms. The van der Waals surface area contributed by atoms with Crippen LogP contribution in [0.4, 0.5) is 14.5 Å². The number of nitro benzene ring substituents is 1. The maximum Gasteiger partial charge on any atom is 0.272 e. The molecule has 0 saturated heterocycles. The summed E-state index contributed by atoms with van der Waals surface area (Å²) in [5.41, 5.74) is 0.0485. The smallest absolute Gasteiger partial charge is 0.272 e. The van der Waals surface area contributed by atoms with E-state index < -0.39 is 22.7 Å². The summed E-state index contributed by atoms with van der Waals surface area (Å²) in [6.07, 6.45) is -1.41. The van der Waals surface area contributed by atoms with Gasteiger partial charge in [0, 0.05) is 29.7 Å². The first kappa shape index (κ1) is 14.1. The lowest BCUT2D eigenvalue weighted by atomic mass is 10.00. The summed E-state index contributed by atoms with van der Waals surface area (Å²) in [5.74, 6) is -1.62. The molecule has 1 unspecified atom stereocenters. The Hall–Kier alpha value is -2.34. The maximum atomic E-state index is 13.5. The van der Waals surface area contributed by atoms with Gasteiger partial charge in [-0.05, 0) is 6.07 Å². The Morgan fingerprint density at radius 2 is 1.90 bits per heavy atom. The van der Waals surface area contributed by atoms with E-state index in [2.05, 4.69) is 0 Å². The van der Waals surface area contributed by atoms with Crippen molar-refractivity contribution in [2.45, 2.75) is 12.5 Å². The minimum atomic E-state index is -1.28. The Kier molecular flexibility index (Phi) is 4.05. The number of nitro groups is 1. The van der Waals surface area contributed by atoms with E-state index in [0.29, 0.717) is 6.07 Å². The zero-order valence-corrected chi connectivity index (χ0v) is 10.3. The van der Waals surface area contributed by atoms with Crippen molar-refractivity contribution in [1.29, 1.82) is 0 Å². The summed E-state index contributed by atoms with van der Waals surface area (Å²) in [6.45, 7) is 0. The highest BCUT2D eigenvalue weighted by Gasteiger charge is 2.19. The second-order valence-electron chi connectivity index (χ2n) is 4.27. The second-order valence-corrected chi connectivity index (χ2v) is 4.27. The molecule has 20 heavy (non-hydrogen) atoms. The topological polar surface area (TPSA) is 63.4 Å². The van der Waals surface area contributed by atoms with Crippen LogP contribution in [-0.4, -0.2) is 10.0 Å². The van der Waals surface area contributed by atoms with Gasteiger partial charge in [-0.25, -0.2) is 8.78 Å². The second kappa shape index (κ2) is 5.75. The molecule has 4 nitrogen and oxygen atoms in total. The van der Waals surface area contributed by atoms with Gasteiger partial charge >= 0.3 is 0 Å². The van der Waals surface area contributed by atoms with Gasteiger partial charge in [-0.1, -0.05) is 24.3 Å². The molecule has 0 aliphatic rings. The van der Waals surface area contributed by atoms with E-state index in [1.54, 1.807) is 6.07 Å². The Morgan fingerprint density at radius 1 is 1.20 bits per heavy atom. The molecular weight excluding hydrogens is 268 g/mol. The summed E-state index contributed by atoms with van der Waals surface area (Å²) in [4.78, 5) is 10.3. The molecule has 2 rings (SSSR count). The van der Waals surface area contributed by atoms with Crippen molar-refractivity contribution in [2.75, 3.05) is 0 Å². The fourth-order valence-electron chi connectivity index (χ4n) is 1.95. The van der Waals surface area contributed by atoms with Crippen LogP contribution in [0.5, 0.6) is 0 Å². The highest BCUT2D eigenvalue weighted by atomic mass is 19.1. The van der Waals surface area contributed by atoms with Gasteiger partial charge < -0.3 is 5.11 Å². The van der Waals surface area contributed by atoms with Crippen LogP contribution in [0, 0.1) is 21.7 Å². The van der Waals surface area contributed by atoms with Crippen LogP contribution in [0.3, 0.4) is 0 Å². The van der Waals surface area contributed by atoms with Crippen LogP contribution in [0.2, 0.25) is 0 Å². The highest BCUT2D eigenvalue weighted by Crippen LogP contribution is 2.26. The molecule has 0 aliphatic heterocycles. The van der Waals surface area contributed by atoms with Crippen molar-refractivity contribution < 1.29 is 18.8 Å². The standard InChI is InChI=1S/C14H11F2NO3/c15-10-5-6-11(12(16)8-10)14(18)7-9-3-1-2-4-13(9)17(19)20/h1-6,8,14,18H,7H2. The fraction of sp³-hybridized carbons (Fsp3) is 0.143. The predicted molar refractivity (Wildman–Crippen MR) is 68.1 cm³/mol. The van der Waals surface area contributed by atoms with Gasteiger partial charge in [0.05, 0.1) is 11.0 Å². The number of halogens is 2. The minimum Gasteiger partial charge on any atom is -0.388 e. The SMILES string of the molecule is O=[N+]([O-])c1ccccc1CC(O)c1ccc(F)cc1F. The zero-order chi connectivity index (χ0) is 14.7. The summed E-state index contributed by atoms with van der Waals surface area (Å²) in [7, 11) is 0. The molecule has 1 N–H and O–H groups in total. The summed E-state index contributed by atoms with van der Waals surface area (Å²) in [6, 6.07) is 8.72. The molecule has 6 heteroatoms. The summed E-state index contributed by atoms with van der Waals surface area (Å²) in [5, 5.41) is 20.8. The van der Waals surface area contributed by atoms with Crippen molar-refractivity contribution in [1.82, 2.24) is 0 Å². The first-order valence-corrected chi connectivity index (χ1v) is 5.84. The van der Waals surface area contributed by atoms with Gasteiger partial charge in [-0.3, -0.25) is 10.1 Å². The Labute approximate surface area is 113 Å². The zero-order valence-electron chi connectivity index (χ0n) is 10.3. The van der Waals surface area contributed by atoms with E-state index in [1.807, 2.05) is 0 Å². The van der Waals surface area contributed by atoms with Gasteiger partial charge in [0.15, 0.2) is 0 Å². The molecule has 0 fully saturated rings. The molecule has 1 atom stereocenters. The number of nitrogens with zero attached hydrogens (tertiary/aromatic N) is 1. The van der Waals surface area contributed by atoms with Crippen molar-refractivity contribution >= 4 is 5.69 Å². The van der Waals surface area contributed by atoms with E-state index in [9.17, 15) is 24.0 Å². The molecule has 0 amide bonds. The van der Waals surface area contributed by atoms with Crippen LogP contribution >= 0.6 is 0 Å². The predicted octanol–water partition coefficient (Wildman–Crippen LogP) is 3.15. The highest BCUT2D eigenvalue weighted by molar-refractivity contribution is 5.40. The molecule has 0 spiro atoms. The van der Waals surface area contributed by atoms with Crippen molar-refractivity contribution in [2.24, 2.45) is 0 Å². The van der Waals surface area contributed by atoms with Gasteiger partial charge in [0.1, 0.15) is 11.6 Å². The Morgan fingerprint density at radius 3 is 2.55 bits per heavy atom. The van der Waals surface area contributed by atoms with Crippen LogP contribution < -0.4 is 0 Å². The lowest BCUT2D eigenvalue weighted by Gasteiger charge is -2.12. The number of benzene rings is 2. The third-order valence-corrected chi connectivity index (χ3v) is 2.92. The number of hydrogen-bond acceptors (Lipinski definition) is 3. The van der Waals surface area contributed by atoms with Crippen LogP contribution in [-0.2, 0) is 6.42 Å². The number of aliphatic hydroxyl groups is 1. The largest absolute Gasteiger partial charge is 0.388 e. The molecule has 104 valence electrons. The third-order valence-electron chi connectivity index (χ3n) is 2.92. The molecule has 0 aromatic heterocycles. The molecule has 2 aromatic carbocycles. The third kappa shape index (κ3) is 2.97. The van der Waals surface area contributed by atoms with E-state index >= 15 is 0 Å². The molecule has 0 aliphatic carbocycles. The van der Waals surface area contributed by atoms with Gasteiger partial charge in [-0.2, -0.15) is 0 Å². The van der Waals surface area contributed by atoms with Crippen LogP contribution in [0.15, 0.2) is 42.5 Å². The summed E-state index contributed by atoms with van der Waals surface area (Å²) >= 11 is 0. The molecule has 0 radical (unpaired) electrons. The first-order chi connectivity index (χ1) is 9.49. The lowest BCUT2D eigenvalue weighted by molar-refractivity contribution is -0.385. The summed E-state index contributed by atoms with van der Waals surface area (Å²) < 4.78 is 26.3. The Bertz CT molecular complexity index is 646. The Balaban J connectivity index is 2.28. The lowest BCUT2D eigenvalue weighted by Crippen LogP contribution is -2.06. The van der Waals surface area contributed by atoms with Crippen molar-refractivity contribution in [3.63, 3.8) is 0 Å². The molecule has 0 saturated carbocycles. The maximum absolute atomic E-state index is 13.5. The average Bonchev–Trinajstić information content (AvgIpc) is 2.38.